The van der Waals surface area contributed by atoms with Gasteiger partial charge in [0.1, 0.15) is 5.75 Å². The first-order valence-corrected chi connectivity index (χ1v) is 9.77. The molecule has 0 spiro atoms. The van der Waals surface area contributed by atoms with Gasteiger partial charge in [-0.2, -0.15) is 0 Å². The van der Waals surface area contributed by atoms with Crippen LogP contribution in [0.15, 0.2) is 22.5 Å². The van der Waals surface area contributed by atoms with E-state index in [9.17, 15) is 9.59 Å². The first-order chi connectivity index (χ1) is 12.5. The summed E-state index contributed by atoms with van der Waals surface area (Å²) in [6, 6.07) is 5.43. The number of rotatable bonds is 7. The van der Waals surface area contributed by atoms with E-state index in [0.29, 0.717) is 20.4 Å². The molecule has 3 aromatic rings. The molecular formula is C14H13N5O4S3. The van der Waals surface area contributed by atoms with Crippen LogP contribution in [0, 0.1) is 0 Å². The number of thioether (sulfide) groups is 1. The average molecular weight is 411 g/mol. The number of nitrogens with two attached hydrogens (primary N) is 1. The number of methoxy groups -OCH3 is 1. The van der Waals surface area contributed by atoms with Crippen molar-refractivity contribution in [2.24, 2.45) is 0 Å². The highest BCUT2D eigenvalue weighted by Gasteiger charge is 2.12. The number of carbonyl (C=O) groups excluding carboxylic acids is 2. The number of anilines is 2. The van der Waals surface area contributed by atoms with Crippen molar-refractivity contribution in [3.63, 3.8) is 0 Å². The fourth-order valence-electron chi connectivity index (χ4n) is 1.83. The molecule has 3 N–H and O–H groups in total. The number of amides is 1. The lowest BCUT2D eigenvalue weighted by Crippen LogP contribution is -2.21. The number of thiazole rings is 1. The van der Waals surface area contributed by atoms with Gasteiger partial charge in [0, 0.05) is 0 Å². The molecule has 0 aliphatic heterocycles. The van der Waals surface area contributed by atoms with Crippen molar-refractivity contribution in [1.29, 1.82) is 0 Å². The number of esters is 1. The lowest BCUT2D eigenvalue weighted by atomic mass is 10.3. The normalized spacial score (nSPS) is 10.7. The molecule has 0 bridgehead atoms. The Kier molecular flexibility index (Phi) is 5.85. The number of ether oxygens (including phenoxy) is 2. The number of nitrogens with one attached hydrogen (secondary N) is 1. The molecule has 3 rings (SSSR count). The summed E-state index contributed by atoms with van der Waals surface area (Å²) in [5, 5.41) is 10.8. The molecule has 9 nitrogen and oxygen atoms in total. The number of nitrogens with zero attached hydrogens (tertiary/aromatic N) is 3. The number of carbonyl (C=O) groups is 2. The van der Waals surface area contributed by atoms with Crippen molar-refractivity contribution >= 4 is 66.8 Å². The van der Waals surface area contributed by atoms with Crippen molar-refractivity contribution in [3.8, 4) is 5.75 Å². The Morgan fingerprint density at radius 3 is 2.88 bits per heavy atom. The van der Waals surface area contributed by atoms with Crippen molar-refractivity contribution in [2.75, 3.05) is 30.5 Å². The quantitative estimate of drug-likeness (QED) is 0.443. The fraction of sp³-hybridized carbons (Fsp3) is 0.214. The van der Waals surface area contributed by atoms with E-state index in [0.717, 1.165) is 22.0 Å². The van der Waals surface area contributed by atoms with Gasteiger partial charge in [-0.15, -0.1) is 10.2 Å². The number of aromatic nitrogens is 3. The predicted octanol–water partition coefficient (Wildman–Crippen LogP) is 2.01. The molecule has 0 radical (unpaired) electrons. The molecule has 0 aliphatic carbocycles. The summed E-state index contributed by atoms with van der Waals surface area (Å²) >= 11 is 3.63. The molecule has 136 valence electrons. The van der Waals surface area contributed by atoms with Crippen LogP contribution in [0.3, 0.4) is 0 Å². The zero-order valence-electron chi connectivity index (χ0n) is 13.4. The molecule has 26 heavy (non-hydrogen) atoms. The summed E-state index contributed by atoms with van der Waals surface area (Å²) in [7, 11) is 1.58. The van der Waals surface area contributed by atoms with Gasteiger partial charge in [0.15, 0.2) is 16.1 Å². The van der Waals surface area contributed by atoms with Gasteiger partial charge in [-0.05, 0) is 18.2 Å². The van der Waals surface area contributed by atoms with Gasteiger partial charge < -0.3 is 15.2 Å². The second kappa shape index (κ2) is 8.29. The highest BCUT2D eigenvalue weighted by Crippen LogP contribution is 2.29. The highest BCUT2D eigenvalue weighted by atomic mass is 32.2. The zero-order chi connectivity index (χ0) is 18.5. The van der Waals surface area contributed by atoms with Gasteiger partial charge in [-0.25, -0.2) is 4.98 Å². The Hall–Kier alpha value is -2.44. The number of nitrogen functional groups attached to an aromatic ring is 1. The van der Waals surface area contributed by atoms with Crippen LogP contribution in [-0.4, -0.2) is 46.5 Å². The van der Waals surface area contributed by atoms with Crippen LogP contribution >= 0.6 is 34.4 Å². The first kappa shape index (κ1) is 18.4. The lowest BCUT2D eigenvalue weighted by molar-refractivity contribution is -0.144. The van der Waals surface area contributed by atoms with Crippen LogP contribution in [0.4, 0.5) is 10.3 Å². The van der Waals surface area contributed by atoms with E-state index in [1.807, 2.05) is 6.07 Å². The van der Waals surface area contributed by atoms with E-state index in [4.69, 9.17) is 15.2 Å². The molecule has 1 amide bonds. The standard InChI is InChI=1S/C14H13N5O4S3/c1-22-7-2-3-8-9(4-7)25-13(16-8)17-10(20)5-23-11(21)6-24-14-19-18-12(15)26-14/h2-4H,5-6H2,1H3,(H2,15,18)(H,16,17,20). The maximum absolute atomic E-state index is 11.9. The van der Waals surface area contributed by atoms with Crippen LogP contribution < -0.4 is 15.8 Å². The van der Waals surface area contributed by atoms with Gasteiger partial charge in [0.05, 0.1) is 23.1 Å². The van der Waals surface area contributed by atoms with Crippen molar-refractivity contribution in [2.45, 2.75) is 4.34 Å². The molecule has 2 aromatic heterocycles. The van der Waals surface area contributed by atoms with Gasteiger partial charge >= 0.3 is 5.97 Å². The Labute approximate surface area is 159 Å². The third-order valence-corrected chi connectivity index (χ3v) is 5.73. The van der Waals surface area contributed by atoms with E-state index in [2.05, 4.69) is 20.5 Å². The zero-order valence-corrected chi connectivity index (χ0v) is 15.9. The third-order valence-electron chi connectivity index (χ3n) is 2.94. The number of hydrogen-bond donors (Lipinski definition) is 2. The minimum absolute atomic E-state index is 0.0167. The Morgan fingerprint density at radius 2 is 2.15 bits per heavy atom. The Morgan fingerprint density at radius 1 is 1.31 bits per heavy atom. The topological polar surface area (TPSA) is 129 Å². The lowest BCUT2D eigenvalue weighted by Gasteiger charge is -2.03. The largest absolute Gasteiger partial charge is 0.497 e. The molecule has 12 heteroatoms. The second-order valence-corrected chi connectivity index (χ2v) is 8.02. The smallest absolute Gasteiger partial charge is 0.316 e. The molecular weight excluding hydrogens is 398 g/mol. The summed E-state index contributed by atoms with van der Waals surface area (Å²) in [6.07, 6.45) is 0. The number of benzene rings is 1. The number of fused-ring (bicyclic) bond motifs is 1. The van der Waals surface area contributed by atoms with Crippen LogP contribution in [0.1, 0.15) is 0 Å². The van der Waals surface area contributed by atoms with Gasteiger partial charge in [-0.3, -0.25) is 14.9 Å². The van der Waals surface area contributed by atoms with E-state index < -0.39 is 18.5 Å². The SMILES string of the molecule is COc1ccc2nc(NC(=O)COC(=O)CSc3nnc(N)s3)sc2c1. The molecule has 2 heterocycles. The van der Waals surface area contributed by atoms with Crippen LogP contribution in [0.2, 0.25) is 0 Å². The summed E-state index contributed by atoms with van der Waals surface area (Å²) in [5.74, 6) is -0.270. The maximum atomic E-state index is 11.9. The fourth-order valence-corrected chi connectivity index (χ4v) is 4.17. The maximum Gasteiger partial charge on any atom is 0.316 e. The summed E-state index contributed by atoms with van der Waals surface area (Å²) in [6.45, 7) is -0.392. The van der Waals surface area contributed by atoms with Crippen molar-refractivity contribution in [1.82, 2.24) is 15.2 Å². The monoisotopic (exact) mass is 411 g/mol. The van der Waals surface area contributed by atoms with Gasteiger partial charge in [0.2, 0.25) is 5.13 Å². The number of hydrogen-bond acceptors (Lipinski definition) is 11. The molecule has 0 atom stereocenters. The predicted molar refractivity (Wildman–Crippen MR) is 101 cm³/mol. The molecule has 0 saturated heterocycles. The Bertz CT molecular complexity index is 942. The minimum Gasteiger partial charge on any atom is -0.497 e. The van der Waals surface area contributed by atoms with E-state index >= 15 is 0 Å². The van der Waals surface area contributed by atoms with E-state index in [1.54, 1.807) is 19.2 Å². The van der Waals surface area contributed by atoms with E-state index in [1.165, 1.54) is 22.7 Å². The molecule has 0 aliphatic rings. The second-order valence-electron chi connectivity index (χ2n) is 4.76. The summed E-state index contributed by atoms with van der Waals surface area (Å²) in [4.78, 5) is 27.9. The summed E-state index contributed by atoms with van der Waals surface area (Å²) in [5.41, 5.74) is 6.20. The molecule has 0 fully saturated rings. The molecule has 0 saturated carbocycles. The van der Waals surface area contributed by atoms with Crippen molar-refractivity contribution < 1.29 is 19.1 Å². The van der Waals surface area contributed by atoms with E-state index in [-0.39, 0.29) is 5.75 Å². The highest BCUT2D eigenvalue weighted by molar-refractivity contribution is 8.01. The Balaban J connectivity index is 1.47. The first-order valence-electron chi connectivity index (χ1n) is 7.15. The van der Waals surface area contributed by atoms with Crippen LogP contribution in [0.25, 0.3) is 10.2 Å². The van der Waals surface area contributed by atoms with Gasteiger partial charge in [-0.1, -0.05) is 34.4 Å². The molecule has 1 aromatic carbocycles. The molecule has 0 unspecified atom stereocenters. The minimum atomic E-state index is -0.534. The van der Waals surface area contributed by atoms with Gasteiger partial charge in [0.25, 0.3) is 5.91 Å². The average Bonchev–Trinajstić information content (AvgIpc) is 3.22. The third kappa shape index (κ3) is 4.80. The summed E-state index contributed by atoms with van der Waals surface area (Å²) < 4.78 is 11.5. The van der Waals surface area contributed by atoms with Crippen molar-refractivity contribution in [3.05, 3.63) is 18.2 Å². The van der Waals surface area contributed by atoms with Crippen LogP contribution in [0.5, 0.6) is 5.75 Å². The van der Waals surface area contributed by atoms with Crippen LogP contribution in [-0.2, 0) is 14.3 Å².